The van der Waals surface area contributed by atoms with E-state index in [1.165, 1.54) is 6.33 Å². The van der Waals surface area contributed by atoms with Crippen LogP contribution in [0.25, 0.3) is 21.9 Å². The van der Waals surface area contributed by atoms with E-state index in [0.717, 1.165) is 0 Å². The molecule has 0 aliphatic carbocycles. The summed E-state index contributed by atoms with van der Waals surface area (Å²) in [6.07, 6.45) is 4.54. The van der Waals surface area contributed by atoms with Gasteiger partial charge in [0.05, 0.1) is 22.7 Å². The second kappa shape index (κ2) is 2.84. The standard InChI is InChI=1S/C10H6N4O/c15-10-8-6(13-5-14-10)1-2-7-9(8)12-4-3-11-7/h1-5H,(H,13,14,15). The summed E-state index contributed by atoms with van der Waals surface area (Å²) in [5, 5.41) is 0.489. The summed E-state index contributed by atoms with van der Waals surface area (Å²) in [4.78, 5) is 26.5. The first-order valence-corrected chi connectivity index (χ1v) is 4.43. The van der Waals surface area contributed by atoms with Crippen molar-refractivity contribution in [3.05, 3.63) is 41.2 Å². The molecule has 3 aromatic rings. The molecule has 0 atom stereocenters. The summed E-state index contributed by atoms with van der Waals surface area (Å²) >= 11 is 0. The number of benzene rings is 1. The molecule has 5 nitrogen and oxygen atoms in total. The Hall–Kier alpha value is -2.30. The highest BCUT2D eigenvalue weighted by molar-refractivity contribution is 6.01. The molecular formula is C10H6N4O. The Morgan fingerprint density at radius 2 is 1.80 bits per heavy atom. The van der Waals surface area contributed by atoms with Crippen LogP contribution in [-0.4, -0.2) is 19.9 Å². The summed E-state index contributed by atoms with van der Waals surface area (Å²) < 4.78 is 0. The maximum atomic E-state index is 11.6. The van der Waals surface area contributed by atoms with Gasteiger partial charge < -0.3 is 4.98 Å². The summed E-state index contributed by atoms with van der Waals surface area (Å²) in [7, 11) is 0. The molecule has 1 aromatic carbocycles. The number of H-pyrrole nitrogens is 1. The van der Waals surface area contributed by atoms with Gasteiger partial charge in [-0.3, -0.25) is 14.8 Å². The third-order valence-electron chi connectivity index (χ3n) is 2.24. The maximum absolute atomic E-state index is 11.6. The minimum absolute atomic E-state index is 0.189. The first-order chi connectivity index (χ1) is 7.36. The summed E-state index contributed by atoms with van der Waals surface area (Å²) in [6.45, 7) is 0. The number of aromatic amines is 1. The lowest BCUT2D eigenvalue weighted by Gasteiger charge is -1.99. The summed E-state index contributed by atoms with van der Waals surface area (Å²) in [5.74, 6) is 0. The van der Waals surface area contributed by atoms with Crippen molar-refractivity contribution >= 4 is 21.9 Å². The monoisotopic (exact) mass is 198 g/mol. The molecule has 3 rings (SSSR count). The number of aromatic nitrogens is 4. The number of hydrogen-bond acceptors (Lipinski definition) is 4. The van der Waals surface area contributed by atoms with Gasteiger partial charge in [-0.05, 0) is 12.1 Å². The molecule has 5 heteroatoms. The largest absolute Gasteiger partial charge is 0.313 e. The molecule has 0 unspecified atom stereocenters. The minimum atomic E-state index is -0.189. The lowest BCUT2D eigenvalue weighted by Crippen LogP contribution is -2.07. The van der Waals surface area contributed by atoms with E-state index < -0.39 is 0 Å². The van der Waals surface area contributed by atoms with Crippen LogP contribution in [0.2, 0.25) is 0 Å². The molecular weight excluding hydrogens is 192 g/mol. The van der Waals surface area contributed by atoms with Gasteiger partial charge in [-0.25, -0.2) is 4.98 Å². The van der Waals surface area contributed by atoms with Crippen molar-refractivity contribution in [3.8, 4) is 0 Å². The van der Waals surface area contributed by atoms with E-state index in [2.05, 4.69) is 19.9 Å². The van der Waals surface area contributed by atoms with Crippen LogP contribution in [0.4, 0.5) is 0 Å². The van der Waals surface area contributed by atoms with Crippen LogP contribution in [0, 0.1) is 0 Å². The van der Waals surface area contributed by atoms with E-state index in [4.69, 9.17) is 0 Å². The second-order valence-electron chi connectivity index (χ2n) is 3.12. The van der Waals surface area contributed by atoms with Crippen molar-refractivity contribution in [2.75, 3.05) is 0 Å². The predicted molar refractivity (Wildman–Crippen MR) is 55.5 cm³/mol. The van der Waals surface area contributed by atoms with E-state index in [1.54, 1.807) is 24.5 Å². The van der Waals surface area contributed by atoms with E-state index in [9.17, 15) is 4.79 Å². The average Bonchev–Trinajstić information content (AvgIpc) is 2.29. The van der Waals surface area contributed by atoms with Crippen LogP contribution in [-0.2, 0) is 0 Å². The third-order valence-corrected chi connectivity index (χ3v) is 2.24. The van der Waals surface area contributed by atoms with E-state index >= 15 is 0 Å². The highest BCUT2D eigenvalue weighted by Crippen LogP contribution is 2.15. The van der Waals surface area contributed by atoms with Crippen molar-refractivity contribution in [1.29, 1.82) is 0 Å². The SMILES string of the molecule is O=c1[nH]cnc2ccc3nccnc3c12. The second-order valence-corrected chi connectivity index (χ2v) is 3.12. The zero-order chi connectivity index (χ0) is 10.3. The maximum Gasteiger partial charge on any atom is 0.260 e. The highest BCUT2D eigenvalue weighted by atomic mass is 16.1. The molecule has 0 fully saturated rings. The van der Waals surface area contributed by atoms with Gasteiger partial charge in [-0.1, -0.05) is 0 Å². The van der Waals surface area contributed by atoms with E-state index in [1.807, 2.05) is 0 Å². The molecule has 72 valence electrons. The van der Waals surface area contributed by atoms with Gasteiger partial charge in [0.1, 0.15) is 5.52 Å². The van der Waals surface area contributed by atoms with Crippen molar-refractivity contribution < 1.29 is 0 Å². The van der Waals surface area contributed by atoms with Crippen molar-refractivity contribution in [3.63, 3.8) is 0 Å². The Labute approximate surface area is 83.8 Å². The smallest absolute Gasteiger partial charge is 0.260 e. The molecule has 0 aliphatic heterocycles. The first kappa shape index (κ1) is 8.05. The fourth-order valence-electron chi connectivity index (χ4n) is 1.59. The molecule has 2 aromatic heterocycles. The van der Waals surface area contributed by atoms with Crippen molar-refractivity contribution in [1.82, 2.24) is 19.9 Å². The molecule has 1 N–H and O–H groups in total. The van der Waals surface area contributed by atoms with Crippen molar-refractivity contribution in [2.45, 2.75) is 0 Å². The zero-order valence-electron chi connectivity index (χ0n) is 7.64. The average molecular weight is 198 g/mol. The van der Waals surface area contributed by atoms with Crippen LogP contribution in [0.5, 0.6) is 0 Å². The third kappa shape index (κ3) is 1.10. The molecule has 15 heavy (non-hydrogen) atoms. The van der Waals surface area contributed by atoms with Gasteiger partial charge in [-0.15, -0.1) is 0 Å². The van der Waals surface area contributed by atoms with Crippen LogP contribution in [0.1, 0.15) is 0 Å². The number of fused-ring (bicyclic) bond motifs is 3. The van der Waals surface area contributed by atoms with Crippen LogP contribution in [0.15, 0.2) is 35.6 Å². The number of hydrogen-bond donors (Lipinski definition) is 1. The molecule has 0 amide bonds. The van der Waals surface area contributed by atoms with Gasteiger partial charge in [0.15, 0.2) is 0 Å². The van der Waals surface area contributed by atoms with Gasteiger partial charge in [0, 0.05) is 12.4 Å². The molecule has 0 aliphatic rings. The van der Waals surface area contributed by atoms with Crippen LogP contribution in [0.3, 0.4) is 0 Å². The predicted octanol–water partition coefficient (Wildman–Crippen LogP) is 0.866. The van der Waals surface area contributed by atoms with E-state index in [0.29, 0.717) is 21.9 Å². The van der Waals surface area contributed by atoms with Gasteiger partial charge >= 0.3 is 0 Å². The molecule has 0 radical (unpaired) electrons. The Balaban J connectivity index is 2.70. The lowest BCUT2D eigenvalue weighted by atomic mass is 10.2. The molecule has 0 bridgehead atoms. The highest BCUT2D eigenvalue weighted by Gasteiger charge is 2.05. The number of nitrogens with zero attached hydrogens (tertiary/aromatic N) is 3. The summed E-state index contributed by atoms with van der Waals surface area (Å²) in [6, 6.07) is 3.57. The Kier molecular flexibility index (Phi) is 1.53. The Morgan fingerprint density at radius 1 is 1.00 bits per heavy atom. The molecule has 0 saturated heterocycles. The fraction of sp³-hybridized carbons (Fsp3) is 0. The first-order valence-electron chi connectivity index (χ1n) is 4.43. The topological polar surface area (TPSA) is 71.5 Å². The Morgan fingerprint density at radius 3 is 2.73 bits per heavy atom. The van der Waals surface area contributed by atoms with Crippen molar-refractivity contribution in [2.24, 2.45) is 0 Å². The van der Waals surface area contributed by atoms with E-state index in [-0.39, 0.29) is 5.56 Å². The lowest BCUT2D eigenvalue weighted by molar-refractivity contribution is 1.17. The zero-order valence-corrected chi connectivity index (χ0v) is 7.64. The Bertz CT molecular complexity index is 704. The fourth-order valence-corrected chi connectivity index (χ4v) is 1.59. The normalized spacial score (nSPS) is 10.9. The quantitative estimate of drug-likeness (QED) is 0.544. The van der Waals surface area contributed by atoms with Crippen LogP contribution < -0.4 is 5.56 Å². The minimum Gasteiger partial charge on any atom is -0.313 e. The van der Waals surface area contributed by atoms with Gasteiger partial charge in [0.2, 0.25) is 0 Å². The number of rotatable bonds is 0. The molecule has 0 spiro atoms. The molecule has 2 heterocycles. The van der Waals surface area contributed by atoms with Gasteiger partial charge in [-0.2, -0.15) is 0 Å². The summed E-state index contributed by atoms with van der Waals surface area (Å²) in [5.41, 5.74) is 1.73. The van der Waals surface area contributed by atoms with Gasteiger partial charge in [0.25, 0.3) is 5.56 Å². The number of nitrogens with one attached hydrogen (secondary N) is 1. The van der Waals surface area contributed by atoms with Crippen LogP contribution >= 0.6 is 0 Å². The molecule has 0 saturated carbocycles.